The molecule has 1 N–H and O–H groups in total. The normalized spacial score (nSPS) is 13.3. The second kappa shape index (κ2) is 4.55. The van der Waals surface area contributed by atoms with Crippen molar-refractivity contribution in [3.05, 3.63) is 12.2 Å². The molecule has 0 saturated carbocycles. The third-order valence-electron chi connectivity index (χ3n) is 1.69. The van der Waals surface area contributed by atoms with Crippen LogP contribution in [0.2, 0.25) is 0 Å². The van der Waals surface area contributed by atoms with Gasteiger partial charge in [0.05, 0.1) is 0 Å². The summed E-state index contributed by atoms with van der Waals surface area (Å²) in [4.78, 5) is 0. The molecule has 1 nitrogen and oxygen atoms in total. The molecule has 66 valence electrons. The highest BCUT2D eigenvalue weighted by Gasteiger charge is 2.11. The Morgan fingerprint density at radius 1 is 1.36 bits per heavy atom. The van der Waals surface area contributed by atoms with Gasteiger partial charge in [-0.1, -0.05) is 39.8 Å². The summed E-state index contributed by atoms with van der Waals surface area (Å²) in [7, 11) is 0. The van der Waals surface area contributed by atoms with Gasteiger partial charge in [0, 0.05) is 6.61 Å². The van der Waals surface area contributed by atoms with E-state index in [1.54, 1.807) is 0 Å². The molecule has 0 saturated heterocycles. The molecule has 0 aliphatic heterocycles. The third kappa shape index (κ3) is 6.11. The lowest BCUT2D eigenvalue weighted by atomic mass is 9.88. The molecule has 0 aliphatic rings. The van der Waals surface area contributed by atoms with Gasteiger partial charge in [0.1, 0.15) is 0 Å². The highest BCUT2D eigenvalue weighted by atomic mass is 16.3. The Hall–Kier alpha value is -0.300. The van der Waals surface area contributed by atoms with Crippen LogP contribution in [0.1, 0.15) is 34.1 Å². The monoisotopic (exact) mass is 156 g/mol. The van der Waals surface area contributed by atoms with Crippen molar-refractivity contribution in [2.24, 2.45) is 11.3 Å². The van der Waals surface area contributed by atoms with Crippen LogP contribution in [-0.2, 0) is 0 Å². The van der Waals surface area contributed by atoms with Crippen molar-refractivity contribution in [2.45, 2.75) is 34.1 Å². The zero-order valence-electron chi connectivity index (χ0n) is 8.09. The molecule has 0 fully saturated rings. The predicted octanol–water partition coefficient (Wildman–Crippen LogP) is 2.61. The number of aliphatic hydroxyl groups is 1. The first-order valence-electron chi connectivity index (χ1n) is 4.28. The highest BCUT2D eigenvalue weighted by molar-refractivity contribution is 4.95. The van der Waals surface area contributed by atoms with Crippen molar-refractivity contribution in [2.75, 3.05) is 6.61 Å². The predicted molar refractivity (Wildman–Crippen MR) is 49.5 cm³/mol. The number of rotatable bonds is 4. The maximum absolute atomic E-state index is 8.73. The van der Waals surface area contributed by atoms with E-state index in [1.807, 2.05) is 0 Å². The van der Waals surface area contributed by atoms with Gasteiger partial charge in [0.2, 0.25) is 0 Å². The molecular formula is C10H20O. The Labute approximate surface area is 70.1 Å². The van der Waals surface area contributed by atoms with E-state index in [-0.39, 0.29) is 12.0 Å². The van der Waals surface area contributed by atoms with Crippen molar-refractivity contribution in [1.29, 1.82) is 0 Å². The molecule has 0 atom stereocenters. The first-order valence-corrected chi connectivity index (χ1v) is 4.28. The van der Waals surface area contributed by atoms with E-state index in [0.717, 1.165) is 6.42 Å². The Balaban J connectivity index is 3.89. The fourth-order valence-corrected chi connectivity index (χ4v) is 0.824. The average molecular weight is 156 g/mol. The minimum atomic E-state index is 0.152. The number of hydrogen-bond acceptors (Lipinski definition) is 1. The van der Waals surface area contributed by atoms with Crippen LogP contribution in [0.25, 0.3) is 0 Å². The van der Waals surface area contributed by atoms with E-state index >= 15 is 0 Å². The molecule has 0 rings (SSSR count). The maximum Gasteiger partial charge on any atom is 0.0439 e. The molecule has 1 heteroatoms. The molecule has 0 amide bonds. The lowest BCUT2D eigenvalue weighted by molar-refractivity contribution is 0.241. The summed E-state index contributed by atoms with van der Waals surface area (Å²) in [6.45, 7) is 8.87. The van der Waals surface area contributed by atoms with E-state index in [2.05, 4.69) is 39.8 Å². The highest BCUT2D eigenvalue weighted by Crippen LogP contribution is 2.21. The fourth-order valence-electron chi connectivity index (χ4n) is 0.824. The second-order valence-electron chi connectivity index (χ2n) is 4.07. The smallest absolute Gasteiger partial charge is 0.0439 e. The van der Waals surface area contributed by atoms with Crippen LogP contribution in [0, 0.1) is 11.3 Å². The van der Waals surface area contributed by atoms with Crippen LogP contribution < -0.4 is 0 Å². The SMILES string of the molecule is CC(C)/C=C\C(C)(C)CCO. The molecule has 0 heterocycles. The molecule has 0 spiro atoms. The van der Waals surface area contributed by atoms with Crippen LogP contribution in [-0.4, -0.2) is 11.7 Å². The van der Waals surface area contributed by atoms with Gasteiger partial charge in [0.15, 0.2) is 0 Å². The van der Waals surface area contributed by atoms with Crippen molar-refractivity contribution in [3.63, 3.8) is 0 Å². The third-order valence-corrected chi connectivity index (χ3v) is 1.69. The number of hydrogen-bond donors (Lipinski definition) is 1. The van der Waals surface area contributed by atoms with Gasteiger partial charge in [-0.15, -0.1) is 0 Å². The quantitative estimate of drug-likeness (QED) is 0.620. The lowest BCUT2D eigenvalue weighted by Crippen LogP contribution is -2.09. The van der Waals surface area contributed by atoms with Crippen molar-refractivity contribution in [3.8, 4) is 0 Å². The van der Waals surface area contributed by atoms with E-state index in [9.17, 15) is 0 Å². The van der Waals surface area contributed by atoms with Gasteiger partial charge in [-0.05, 0) is 17.8 Å². The molecule has 0 aromatic heterocycles. The summed E-state index contributed by atoms with van der Waals surface area (Å²) in [5, 5.41) is 8.73. The average Bonchev–Trinajstić information content (AvgIpc) is 1.84. The van der Waals surface area contributed by atoms with Gasteiger partial charge < -0.3 is 5.11 Å². The van der Waals surface area contributed by atoms with Gasteiger partial charge in [-0.3, -0.25) is 0 Å². The second-order valence-corrected chi connectivity index (χ2v) is 4.07. The summed E-state index contributed by atoms with van der Waals surface area (Å²) < 4.78 is 0. The molecule has 11 heavy (non-hydrogen) atoms. The van der Waals surface area contributed by atoms with Crippen LogP contribution in [0.15, 0.2) is 12.2 Å². The Morgan fingerprint density at radius 3 is 2.27 bits per heavy atom. The van der Waals surface area contributed by atoms with Gasteiger partial charge in [-0.2, -0.15) is 0 Å². The summed E-state index contributed by atoms with van der Waals surface area (Å²) in [5.41, 5.74) is 0.152. The summed E-state index contributed by atoms with van der Waals surface area (Å²) >= 11 is 0. The van der Waals surface area contributed by atoms with Crippen molar-refractivity contribution >= 4 is 0 Å². The van der Waals surface area contributed by atoms with Crippen LogP contribution in [0.4, 0.5) is 0 Å². The van der Waals surface area contributed by atoms with Gasteiger partial charge in [0.25, 0.3) is 0 Å². The Morgan fingerprint density at radius 2 is 1.91 bits per heavy atom. The molecule has 0 unspecified atom stereocenters. The minimum absolute atomic E-state index is 0.152. The zero-order chi connectivity index (χ0) is 8.91. The van der Waals surface area contributed by atoms with E-state index in [1.165, 1.54) is 0 Å². The maximum atomic E-state index is 8.73. The molecular weight excluding hydrogens is 136 g/mol. The Kier molecular flexibility index (Phi) is 4.43. The van der Waals surface area contributed by atoms with E-state index < -0.39 is 0 Å². The number of allylic oxidation sites excluding steroid dienone is 2. The van der Waals surface area contributed by atoms with Crippen molar-refractivity contribution < 1.29 is 5.11 Å². The van der Waals surface area contributed by atoms with Gasteiger partial charge in [-0.25, -0.2) is 0 Å². The molecule has 0 bridgehead atoms. The first kappa shape index (κ1) is 10.7. The van der Waals surface area contributed by atoms with Gasteiger partial charge >= 0.3 is 0 Å². The number of aliphatic hydroxyl groups excluding tert-OH is 1. The summed E-state index contributed by atoms with van der Waals surface area (Å²) in [6.07, 6.45) is 5.22. The zero-order valence-corrected chi connectivity index (χ0v) is 8.09. The Bertz CT molecular complexity index is 123. The van der Waals surface area contributed by atoms with E-state index in [4.69, 9.17) is 5.11 Å². The summed E-state index contributed by atoms with van der Waals surface area (Å²) in [5.74, 6) is 0.605. The summed E-state index contributed by atoms with van der Waals surface area (Å²) in [6, 6.07) is 0. The van der Waals surface area contributed by atoms with E-state index in [0.29, 0.717) is 5.92 Å². The standard InChI is InChI=1S/C10H20O/c1-9(2)5-6-10(3,4)7-8-11/h5-6,9,11H,7-8H2,1-4H3/b6-5-. The topological polar surface area (TPSA) is 20.2 Å². The van der Waals surface area contributed by atoms with Crippen LogP contribution >= 0.6 is 0 Å². The minimum Gasteiger partial charge on any atom is -0.396 e. The molecule has 0 radical (unpaired) electrons. The fraction of sp³-hybridized carbons (Fsp3) is 0.800. The first-order chi connectivity index (χ1) is 4.98. The largest absolute Gasteiger partial charge is 0.396 e. The van der Waals surface area contributed by atoms with Crippen molar-refractivity contribution in [1.82, 2.24) is 0 Å². The molecule has 0 aromatic rings. The van der Waals surface area contributed by atoms with Crippen LogP contribution in [0.3, 0.4) is 0 Å². The van der Waals surface area contributed by atoms with Crippen LogP contribution in [0.5, 0.6) is 0 Å². The molecule has 0 aromatic carbocycles. The molecule has 0 aliphatic carbocycles. The lowest BCUT2D eigenvalue weighted by Gasteiger charge is -2.18.